The minimum Gasteiger partial charge on any atom is -0.484 e. The molecule has 0 spiro atoms. The van der Waals surface area contributed by atoms with Crippen LogP contribution in [0, 0.1) is 0 Å². The molecule has 1 heterocycles. The minimum atomic E-state index is -0.206. The fourth-order valence-corrected chi connectivity index (χ4v) is 3.31. The van der Waals surface area contributed by atoms with E-state index in [0.717, 1.165) is 28.8 Å². The molecule has 152 valence electrons. The number of nitrogens with one attached hydrogen (secondary N) is 2. The molecule has 0 saturated heterocycles. The van der Waals surface area contributed by atoms with E-state index in [-0.39, 0.29) is 12.5 Å². The number of carbonyl (C=O) groups excluding carboxylic acids is 1. The van der Waals surface area contributed by atoms with E-state index >= 15 is 0 Å². The zero-order chi connectivity index (χ0) is 20.9. The molecule has 0 aliphatic rings. The van der Waals surface area contributed by atoms with Gasteiger partial charge in [-0.2, -0.15) is 0 Å². The Kier molecular flexibility index (Phi) is 5.80. The highest BCUT2D eigenvalue weighted by atomic mass is 16.5. The van der Waals surface area contributed by atoms with Gasteiger partial charge in [0, 0.05) is 11.3 Å². The van der Waals surface area contributed by atoms with Crippen molar-refractivity contribution < 1.29 is 9.53 Å². The SMILES string of the molecule is CC[C@H](C)c1ccc(OCC(=O)Nc2cccc(-c3nc4ccccc4[nH]3)c2)cc1. The van der Waals surface area contributed by atoms with E-state index in [1.165, 1.54) is 5.56 Å². The van der Waals surface area contributed by atoms with Crippen molar-refractivity contribution in [1.82, 2.24) is 9.97 Å². The second-order valence-corrected chi connectivity index (χ2v) is 7.40. The molecule has 1 aromatic heterocycles. The van der Waals surface area contributed by atoms with Crippen LogP contribution in [0.25, 0.3) is 22.4 Å². The molecule has 2 N–H and O–H groups in total. The van der Waals surface area contributed by atoms with Crippen LogP contribution >= 0.6 is 0 Å². The molecule has 0 bridgehead atoms. The summed E-state index contributed by atoms with van der Waals surface area (Å²) in [5.41, 5.74) is 4.78. The summed E-state index contributed by atoms with van der Waals surface area (Å²) in [7, 11) is 0. The number of carbonyl (C=O) groups is 1. The molecule has 0 fully saturated rings. The average Bonchev–Trinajstić information content (AvgIpc) is 3.22. The van der Waals surface area contributed by atoms with Crippen molar-refractivity contribution in [3.63, 3.8) is 0 Å². The lowest BCUT2D eigenvalue weighted by Crippen LogP contribution is -2.20. The second-order valence-electron chi connectivity index (χ2n) is 7.40. The van der Waals surface area contributed by atoms with Gasteiger partial charge in [0.1, 0.15) is 11.6 Å². The third kappa shape index (κ3) is 4.51. The van der Waals surface area contributed by atoms with Gasteiger partial charge in [0.2, 0.25) is 0 Å². The number of anilines is 1. The van der Waals surface area contributed by atoms with Gasteiger partial charge in [-0.05, 0) is 54.3 Å². The first-order valence-corrected chi connectivity index (χ1v) is 10.2. The van der Waals surface area contributed by atoms with Crippen LogP contribution < -0.4 is 10.1 Å². The molecule has 0 saturated carbocycles. The summed E-state index contributed by atoms with van der Waals surface area (Å²) in [6, 6.07) is 23.4. The zero-order valence-corrected chi connectivity index (χ0v) is 17.2. The molecule has 0 aliphatic carbocycles. The number of aromatic nitrogens is 2. The molecule has 5 nitrogen and oxygen atoms in total. The van der Waals surface area contributed by atoms with Crippen molar-refractivity contribution in [3.8, 4) is 17.1 Å². The molecule has 4 rings (SSSR count). The van der Waals surface area contributed by atoms with Crippen molar-refractivity contribution in [2.24, 2.45) is 0 Å². The van der Waals surface area contributed by atoms with Crippen LogP contribution in [0.4, 0.5) is 5.69 Å². The van der Waals surface area contributed by atoms with Gasteiger partial charge in [0.25, 0.3) is 5.91 Å². The minimum absolute atomic E-state index is 0.0441. The predicted octanol–water partition coefficient (Wildman–Crippen LogP) is 5.76. The average molecular weight is 399 g/mol. The molecular formula is C25H25N3O2. The number of aromatic amines is 1. The molecule has 0 radical (unpaired) electrons. The Bertz CT molecular complexity index is 1120. The number of nitrogens with zero attached hydrogens (tertiary/aromatic N) is 1. The summed E-state index contributed by atoms with van der Waals surface area (Å²) < 4.78 is 5.63. The molecule has 0 unspecified atom stereocenters. The number of amides is 1. The maximum absolute atomic E-state index is 12.3. The smallest absolute Gasteiger partial charge is 0.262 e. The molecule has 0 aliphatic heterocycles. The monoisotopic (exact) mass is 399 g/mol. The van der Waals surface area contributed by atoms with Gasteiger partial charge in [-0.3, -0.25) is 4.79 Å². The first kappa shape index (κ1) is 19.7. The Labute approximate surface area is 176 Å². The number of rotatable bonds is 7. The first-order valence-electron chi connectivity index (χ1n) is 10.2. The Morgan fingerprint density at radius 1 is 1.07 bits per heavy atom. The fraction of sp³-hybridized carbons (Fsp3) is 0.200. The van der Waals surface area contributed by atoms with Gasteiger partial charge in [-0.1, -0.05) is 50.2 Å². The highest BCUT2D eigenvalue weighted by molar-refractivity contribution is 5.92. The Morgan fingerprint density at radius 2 is 1.87 bits per heavy atom. The van der Waals surface area contributed by atoms with Crippen LogP contribution in [0.3, 0.4) is 0 Å². The number of imidazole rings is 1. The molecule has 5 heteroatoms. The van der Waals surface area contributed by atoms with Crippen molar-refractivity contribution in [3.05, 3.63) is 78.4 Å². The van der Waals surface area contributed by atoms with Gasteiger partial charge in [0.05, 0.1) is 11.0 Å². The lowest BCUT2D eigenvalue weighted by Gasteiger charge is -2.11. The third-order valence-corrected chi connectivity index (χ3v) is 5.24. The summed E-state index contributed by atoms with van der Waals surface area (Å²) in [5, 5.41) is 2.89. The van der Waals surface area contributed by atoms with Crippen molar-refractivity contribution >= 4 is 22.6 Å². The van der Waals surface area contributed by atoms with Gasteiger partial charge < -0.3 is 15.0 Å². The highest BCUT2D eigenvalue weighted by Gasteiger charge is 2.09. The van der Waals surface area contributed by atoms with Crippen LogP contribution in [-0.4, -0.2) is 22.5 Å². The van der Waals surface area contributed by atoms with Crippen LogP contribution in [0.1, 0.15) is 31.7 Å². The number of H-pyrrole nitrogens is 1. The topological polar surface area (TPSA) is 67.0 Å². The number of benzene rings is 3. The summed E-state index contributed by atoms with van der Waals surface area (Å²) in [6.45, 7) is 4.32. The fourth-order valence-electron chi connectivity index (χ4n) is 3.31. The van der Waals surface area contributed by atoms with Crippen LogP contribution in [0.2, 0.25) is 0 Å². The largest absolute Gasteiger partial charge is 0.484 e. The normalized spacial score (nSPS) is 11.9. The Balaban J connectivity index is 1.38. The summed E-state index contributed by atoms with van der Waals surface area (Å²) in [5.74, 6) is 1.77. The number of hydrogen-bond acceptors (Lipinski definition) is 3. The Morgan fingerprint density at radius 3 is 2.63 bits per heavy atom. The molecule has 30 heavy (non-hydrogen) atoms. The summed E-state index contributed by atoms with van der Waals surface area (Å²) in [6.07, 6.45) is 1.09. The molecule has 4 aromatic rings. The quantitative estimate of drug-likeness (QED) is 0.415. The molecular weight excluding hydrogens is 374 g/mol. The van der Waals surface area contributed by atoms with E-state index in [1.54, 1.807) is 0 Å². The Hall–Kier alpha value is -3.60. The van der Waals surface area contributed by atoms with Crippen molar-refractivity contribution in [1.29, 1.82) is 0 Å². The lowest BCUT2D eigenvalue weighted by atomic mass is 9.99. The van der Waals surface area contributed by atoms with Gasteiger partial charge in [0.15, 0.2) is 6.61 Å². The van der Waals surface area contributed by atoms with E-state index in [9.17, 15) is 4.79 Å². The summed E-state index contributed by atoms with van der Waals surface area (Å²) >= 11 is 0. The van der Waals surface area contributed by atoms with E-state index in [0.29, 0.717) is 17.4 Å². The van der Waals surface area contributed by atoms with Gasteiger partial charge >= 0.3 is 0 Å². The van der Waals surface area contributed by atoms with E-state index in [4.69, 9.17) is 4.74 Å². The van der Waals surface area contributed by atoms with Crippen LogP contribution in [-0.2, 0) is 4.79 Å². The number of fused-ring (bicyclic) bond motifs is 1. The first-order chi connectivity index (χ1) is 14.6. The molecule has 3 aromatic carbocycles. The predicted molar refractivity (Wildman–Crippen MR) is 121 cm³/mol. The maximum atomic E-state index is 12.3. The third-order valence-electron chi connectivity index (χ3n) is 5.24. The van der Waals surface area contributed by atoms with Crippen molar-refractivity contribution in [2.45, 2.75) is 26.2 Å². The van der Waals surface area contributed by atoms with Gasteiger partial charge in [-0.15, -0.1) is 0 Å². The lowest BCUT2D eigenvalue weighted by molar-refractivity contribution is -0.118. The molecule has 1 atom stereocenters. The highest BCUT2D eigenvalue weighted by Crippen LogP contribution is 2.24. The van der Waals surface area contributed by atoms with Crippen LogP contribution in [0.15, 0.2) is 72.8 Å². The van der Waals surface area contributed by atoms with Crippen molar-refractivity contribution in [2.75, 3.05) is 11.9 Å². The molecule has 1 amide bonds. The maximum Gasteiger partial charge on any atom is 0.262 e. The number of ether oxygens (including phenoxy) is 1. The standard InChI is InChI=1S/C25H25N3O2/c1-3-17(2)18-11-13-21(14-12-18)30-16-24(29)26-20-8-6-7-19(15-20)25-27-22-9-4-5-10-23(22)28-25/h4-15,17H,3,16H2,1-2H3,(H,26,29)(H,27,28)/t17-/m0/s1. The zero-order valence-electron chi connectivity index (χ0n) is 17.2. The number of para-hydroxylation sites is 2. The summed E-state index contributed by atoms with van der Waals surface area (Å²) in [4.78, 5) is 20.3. The van der Waals surface area contributed by atoms with E-state index in [1.807, 2.05) is 60.7 Å². The number of hydrogen-bond donors (Lipinski definition) is 2. The van der Waals surface area contributed by atoms with Gasteiger partial charge in [-0.25, -0.2) is 4.98 Å². The van der Waals surface area contributed by atoms with E-state index < -0.39 is 0 Å². The van der Waals surface area contributed by atoms with E-state index in [2.05, 4.69) is 41.3 Å². The van der Waals surface area contributed by atoms with Crippen LogP contribution in [0.5, 0.6) is 5.75 Å². The second kappa shape index (κ2) is 8.82.